The Labute approximate surface area is 561 Å². The van der Waals surface area contributed by atoms with Crippen molar-refractivity contribution in [2.24, 2.45) is 0 Å². The van der Waals surface area contributed by atoms with Crippen molar-refractivity contribution in [1.29, 1.82) is 0 Å². The first-order chi connectivity index (χ1) is 45.2. The maximum Gasteiger partial charge on any atom is 0.472 e. The second-order valence-electron chi connectivity index (χ2n) is 22.6. The number of aliphatic hydroxyl groups is 2. The molecule has 0 aliphatic carbocycles. The third-order valence-corrected chi connectivity index (χ3v) is 15.6. The summed E-state index contributed by atoms with van der Waals surface area (Å²) in [5.41, 5.74) is 0. The van der Waals surface area contributed by atoms with Crippen molar-refractivity contribution in [3.05, 3.63) is 158 Å². The first-order valence-corrected chi connectivity index (χ1v) is 37.8. The number of ether oxygens (including phenoxy) is 3. The molecule has 0 radical (unpaired) electrons. The highest BCUT2D eigenvalue weighted by Crippen LogP contribution is 2.45. The van der Waals surface area contributed by atoms with Gasteiger partial charge in [0.25, 0.3) is 0 Å². The topological polar surface area (TPSA) is 231 Å². The summed E-state index contributed by atoms with van der Waals surface area (Å²) >= 11 is 0. The number of hydrogen-bond donors (Lipinski definition) is 4. The van der Waals surface area contributed by atoms with Crippen molar-refractivity contribution in [2.75, 3.05) is 39.6 Å². The number of allylic oxidation sites excluding steroid dienone is 26. The van der Waals surface area contributed by atoms with Gasteiger partial charge in [-0.2, -0.15) is 0 Å². The lowest BCUT2D eigenvalue weighted by atomic mass is 10.1. The number of carbonyl (C=O) groups excluding carboxylic acids is 3. The Morgan fingerprint density at radius 2 is 0.591 bits per heavy atom. The fourth-order valence-electron chi connectivity index (χ4n) is 8.47. The predicted octanol–water partition coefficient (Wildman–Crippen LogP) is 19.5. The third kappa shape index (κ3) is 68.4. The van der Waals surface area contributed by atoms with E-state index in [1.54, 1.807) is 0 Å². The van der Waals surface area contributed by atoms with Gasteiger partial charge in [-0.3, -0.25) is 32.5 Å². The Morgan fingerprint density at radius 3 is 0.968 bits per heavy atom. The summed E-state index contributed by atoms with van der Waals surface area (Å²) < 4.78 is 60.8. The zero-order valence-corrected chi connectivity index (χ0v) is 58.9. The van der Waals surface area contributed by atoms with E-state index in [0.717, 1.165) is 148 Å². The summed E-state index contributed by atoms with van der Waals surface area (Å²) in [6.07, 6.45) is 81.7. The van der Waals surface area contributed by atoms with Gasteiger partial charge in [0.05, 0.1) is 26.4 Å². The second kappa shape index (κ2) is 67.2. The molecule has 0 aromatic heterocycles. The van der Waals surface area contributed by atoms with Crippen LogP contribution in [0.2, 0.25) is 0 Å². The molecule has 0 amide bonds. The van der Waals surface area contributed by atoms with Gasteiger partial charge in [0.15, 0.2) is 6.10 Å². The monoisotopic (exact) mass is 1340 g/mol. The molecular formula is C75H122O16P2. The van der Waals surface area contributed by atoms with Crippen molar-refractivity contribution in [3.8, 4) is 0 Å². The largest absolute Gasteiger partial charge is 0.472 e. The Morgan fingerprint density at radius 1 is 0.312 bits per heavy atom. The van der Waals surface area contributed by atoms with Crippen LogP contribution in [-0.4, -0.2) is 95.9 Å². The highest BCUT2D eigenvalue weighted by molar-refractivity contribution is 7.47. The number of phosphoric ester groups is 2. The zero-order valence-electron chi connectivity index (χ0n) is 57.1. The summed E-state index contributed by atoms with van der Waals surface area (Å²) in [5, 5.41) is 20.6. The van der Waals surface area contributed by atoms with Gasteiger partial charge in [-0.05, 0) is 135 Å². The maximum atomic E-state index is 12.9. The first-order valence-electron chi connectivity index (χ1n) is 34.8. The van der Waals surface area contributed by atoms with E-state index in [2.05, 4.69) is 161 Å². The van der Waals surface area contributed by atoms with Crippen molar-refractivity contribution < 1.29 is 75.8 Å². The molecule has 0 aromatic rings. The van der Waals surface area contributed by atoms with Gasteiger partial charge >= 0.3 is 33.6 Å². The lowest BCUT2D eigenvalue weighted by Crippen LogP contribution is -2.30. The average molecular weight is 1340 g/mol. The number of esters is 3. The zero-order chi connectivity index (χ0) is 68.1. The highest BCUT2D eigenvalue weighted by Gasteiger charge is 2.29. The van der Waals surface area contributed by atoms with Gasteiger partial charge in [0.2, 0.25) is 0 Å². The summed E-state index contributed by atoms with van der Waals surface area (Å²) in [6.45, 7) is 2.26. The smallest absolute Gasteiger partial charge is 0.463 e. The van der Waals surface area contributed by atoms with Gasteiger partial charge < -0.3 is 34.2 Å². The molecule has 0 spiro atoms. The van der Waals surface area contributed by atoms with E-state index in [1.807, 2.05) is 18.2 Å². The Balaban J connectivity index is 4.73. The van der Waals surface area contributed by atoms with E-state index < -0.39 is 91.5 Å². The number of carbonyl (C=O) groups is 3. The Bertz CT molecular complexity index is 2320. The van der Waals surface area contributed by atoms with Crippen LogP contribution in [0.1, 0.15) is 239 Å². The van der Waals surface area contributed by atoms with Crippen molar-refractivity contribution >= 4 is 33.6 Å². The molecule has 0 aliphatic rings. The number of phosphoric acid groups is 2. The van der Waals surface area contributed by atoms with E-state index in [9.17, 15) is 43.5 Å². The molecule has 4 N–H and O–H groups in total. The van der Waals surface area contributed by atoms with Gasteiger partial charge in [0, 0.05) is 19.3 Å². The minimum absolute atomic E-state index is 0.0349. The lowest BCUT2D eigenvalue weighted by molar-refractivity contribution is -0.161. The van der Waals surface area contributed by atoms with E-state index in [1.165, 1.54) is 25.7 Å². The Kier molecular flexibility index (Phi) is 63.7. The molecule has 0 heterocycles. The van der Waals surface area contributed by atoms with Crippen molar-refractivity contribution in [3.63, 3.8) is 0 Å². The molecule has 0 aliphatic heterocycles. The molecule has 0 bridgehead atoms. The summed E-state index contributed by atoms with van der Waals surface area (Å²) in [5.74, 6) is -1.72. The minimum atomic E-state index is -4.95. The van der Waals surface area contributed by atoms with E-state index in [-0.39, 0.29) is 19.3 Å². The third-order valence-electron chi connectivity index (χ3n) is 13.7. The number of unbranched alkanes of at least 4 members (excludes halogenated alkanes) is 15. The van der Waals surface area contributed by atoms with Crippen LogP contribution < -0.4 is 0 Å². The normalized spacial score (nSPS) is 15.1. The fourth-order valence-corrected chi connectivity index (χ4v) is 10.1. The molecule has 5 unspecified atom stereocenters. The first kappa shape index (κ1) is 88.2. The van der Waals surface area contributed by atoms with Crippen LogP contribution in [0.3, 0.4) is 0 Å². The molecule has 0 saturated carbocycles. The van der Waals surface area contributed by atoms with Crippen LogP contribution in [0.4, 0.5) is 0 Å². The van der Waals surface area contributed by atoms with Crippen molar-refractivity contribution in [2.45, 2.75) is 257 Å². The molecule has 0 rings (SSSR count). The Hall–Kier alpha value is -4.83. The van der Waals surface area contributed by atoms with E-state index in [4.69, 9.17) is 32.3 Å². The SMILES string of the molecule is CC/C=C\C/C=C\C/C=C\C/C=C\C/C=C\C/C=C\CCC(=O)OCC(COP(=O)(O)OCC(O)COP(=O)(O)OCC(O)COC(=O)CCCCCCCCC/C=C\C/C=C\C/C=C\C/C=C\CCCCC)OC(=O)CCCCCCC/C=C\C/C=C\C/C=C\CC. The predicted molar refractivity (Wildman–Crippen MR) is 380 cm³/mol. The molecule has 0 fully saturated rings. The molecular weight excluding hydrogens is 1220 g/mol. The van der Waals surface area contributed by atoms with Crippen LogP contribution >= 0.6 is 15.6 Å². The van der Waals surface area contributed by atoms with Crippen LogP contribution in [0.5, 0.6) is 0 Å². The van der Waals surface area contributed by atoms with Crippen LogP contribution in [0.15, 0.2) is 158 Å². The second-order valence-corrected chi connectivity index (χ2v) is 25.5. The van der Waals surface area contributed by atoms with Gasteiger partial charge in [-0.1, -0.05) is 243 Å². The highest BCUT2D eigenvalue weighted by atomic mass is 31.2. The van der Waals surface area contributed by atoms with E-state index in [0.29, 0.717) is 25.7 Å². The van der Waals surface area contributed by atoms with Gasteiger partial charge in [-0.15, -0.1) is 0 Å². The lowest BCUT2D eigenvalue weighted by Gasteiger charge is -2.21. The summed E-state index contributed by atoms with van der Waals surface area (Å²) in [6, 6.07) is 0. The fraction of sp³-hybridized carbons (Fsp3) is 0.613. The maximum absolute atomic E-state index is 12.9. The molecule has 5 atom stereocenters. The van der Waals surface area contributed by atoms with Gasteiger partial charge in [-0.25, -0.2) is 9.13 Å². The van der Waals surface area contributed by atoms with Crippen LogP contribution in [-0.2, 0) is 55.8 Å². The standard InChI is InChI=1S/C75H122O16P2/c1-4-7-10-13-16-19-22-25-28-30-32-33-34-35-37-39-41-43-46-49-52-55-58-61-73(78)85-64-70(76)65-87-92(81,82)88-66-71(77)67-89-93(83,84)90-69-72(91-75(80)63-60-57-54-51-48-45-40-27-24-21-18-15-12-9-6-3)68-86-74(79)62-59-56-53-50-47-44-42-38-36-31-29-26-23-20-17-14-11-8-5-2/h8-9,11-12,16-21,25-29,32-33,35-38,40,44,47,53,56,70-72,76-77H,4-7,10,13-15,22-24,30-31,34,39,41-43,45-46,48-52,54-55,57-69H2,1-3H3,(H,81,82)(H,83,84)/b11-8-,12-9-,19-16-,20-17-,21-18-,28-25-,29-26-,33-32-,37-35-,38-36-,40-27-,47-44-,56-53-. The van der Waals surface area contributed by atoms with Crippen molar-refractivity contribution in [1.82, 2.24) is 0 Å². The molecule has 18 heteroatoms. The quantitative estimate of drug-likeness (QED) is 0.0146. The summed E-state index contributed by atoms with van der Waals surface area (Å²) in [7, 11) is -9.82. The molecule has 0 saturated heterocycles. The summed E-state index contributed by atoms with van der Waals surface area (Å²) in [4.78, 5) is 58.4. The molecule has 528 valence electrons. The van der Waals surface area contributed by atoms with Gasteiger partial charge in [0.1, 0.15) is 25.4 Å². The van der Waals surface area contributed by atoms with Crippen LogP contribution in [0.25, 0.3) is 0 Å². The average Bonchev–Trinajstić information content (AvgIpc) is 3.19. The number of aliphatic hydroxyl groups excluding tert-OH is 2. The molecule has 16 nitrogen and oxygen atoms in total. The molecule has 93 heavy (non-hydrogen) atoms. The molecule has 0 aromatic carbocycles. The number of rotatable bonds is 64. The minimum Gasteiger partial charge on any atom is -0.463 e. The van der Waals surface area contributed by atoms with E-state index >= 15 is 0 Å². The van der Waals surface area contributed by atoms with Crippen LogP contribution in [0, 0.1) is 0 Å². The number of hydrogen-bond acceptors (Lipinski definition) is 14.